The van der Waals surface area contributed by atoms with Gasteiger partial charge in [-0.05, 0) is 24.1 Å². The lowest BCUT2D eigenvalue weighted by Gasteiger charge is -2.15. The fraction of sp³-hybridized carbons (Fsp3) is 0.364. The molecular formula is C11H15ClN2O. The highest BCUT2D eigenvalue weighted by atomic mass is 35.5. The minimum atomic E-state index is 0. The van der Waals surface area contributed by atoms with Crippen molar-refractivity contribution >= 4 is 24.0 Å². The molecule has 1 aromatic carbocycles. The fourth-order valence-corrected chi connectivity index (χ4v) is 1.73. The van der Waals surface area contributed by atoms with E-state index in [2.05, 4.69) is 0 Å². The molecule has 15 heavy (non-hydrogen) atoms. The first-order valence-electron chi connectivity index (χ1n) is 4.90. The summed E-state index contributed by atoms with van der Waals surface area (Å²) in [6.45, 7) is 1.40. The van der Waals surface area contributed by atoms with Gasteiger partial charge in [-0.1, -0.05) is 12.1 Å². The molecule has 2 rings (SSSR count). The van der Waals surface area contributed by atoms with Crippen LogP contribution < -0.4 is 10.6 Å². The maximum Gasteiger partial charge on any atom is 0.227 e. The SMILES string of the molecule is Cl.NCc1ccc(N2CCCC2=O)cc1. The average Bonchev–Trinajstić information content (AvgIpc) is 2.65. The minimum Gasteiger partial charge on any atom is -0.326 e. The van der Waals surface area contributed by atoms with E-state index in [0.717, 1.165) is 24.2 Å². The van der Waals surface area contributed by atoms with Gasteiger partial charge in [-0.2, -0.15) is 0 Å². The molecule has 1 saturated heterocycles. The lowest BCUT2D eigenvalue weighted by molar-refractivity contribution is -0.117. The second-order valence-electron chi connectivity index (χ2n) is 3.52. The van der Waals surface area contributed by atoms with Gasteiger partial charge >= 0.3 is 0 Å². The first-order chi connectivity index (χ1) is 6.81. The summed E-state index contributed by atoms with van der Waals surface area (Å²) >= 11 is 0. The second kappa shape index (κ2) is 5.14. The quantitative estimate of drug-likeness (QED) is 0.834. The van der Waals surface area contributed by atoms with Crippen molar-refractivity contribution in [3.8, 4) is 0 Å². The van der Waals surface area contributed by atoms with Crippen LogP contribution >= 0.6 is 12.4 Å². The molecule has 1 aliphatic rings. The number of hydrogen-bond donors (Lipinski definition) is 1. The highest BCUT2D eigenvalue weighted by molar-refractivity contribution is 5.95. The number of carbonyl (C=O) groups is 1. The molecule has 3 nitrogen and oxygen atoms in total. The molecule has 0 aromatic heterocycles. The van der Waals surface area contributed by atoms with Gasteiger partial charge in [0.1, 0.15) is 0 Å². The standard InChI is InChI=1S/C11H14N2O.ClH/c12-8-9-3-5-10(6-4-9)13-7-1-2-11(13)14;/h3-6H,1-2,7-8,12H2;1H. The summed E-state index contributed by atoms with van der Waals surface area (Å²) in [6, 6.07) is 7.87. The van der Waals surface area contributed by atoms with Gasteiger partial charge in [-0.3, -0.25) is 4.79 Å². The van der Waals surface area contributed by atoms with Gasteiger partial charge in [-0.15, -0.1) is 12.4 Å². The summed E-state index contributed by atoms with van der Waals surface area (Å²) in [7, 11) is 0. The summed E-state index contributed by atoms with van der Waals surface area (Å²) in [4.78, 5) is 13.3. The normalized spacial score (nSPS) is 15.3. The number of carbonyl (C=O) groups excluding carboxylic acids is 1. The van der Waals surface area contributed by atoms with Crippen molar-refractivity contribution in [1.82, 2.24) is 0 Å². The lowest BCUT2D eigenvalue weighted by atomic mass is 10.2. The Kier molecular flexibility index (Phi) is 4.12. The molecule has 1 aromatic rings. The van der Waals surface area contributed by atoms with Crippen molar-refractivity contribution in [3.05, 3.63) is 29.8 Å². The van der Waals surface area contributed by atoms with E-state index in [-0.39, 0.29) is 18.3 Å². The number of rotatable bonds is 2. The molecular weight excluding hydrogens is 212 g/mol. The molecule has 0 radical (unpaired) electrons. The second-order valence-corrected chi connectivity index (χ2v) is 3.52. The van der Waals surface area contributed by atoms with Gasteiger partial charge in [0.15, 0.2) is 0 Å². The topological polar surface area (TPSA) is 46.3 Å². The number of hydrogen-bond acceptors (Lipinski definition) is 2. The third-order valence-electron chi connectivity index (χ3n) is 2.56. The van der Waals surface area contributed by atoms with Crippen LogP contribution in [0.1, 0.15) is 18.4 Å². The molecule has 0 aliphatic carbocycles. The largest absolute Gasteiger partial charge is 0.326 e. The van der Waals surface area contributed by atoms with Crippen LogP contribution in [0.2, 0.25) is 0 Å². The zero-order valence-corrected chi connectivity index (χ0v) is 9.30. The van der Waals surface area contributed by atoms with Gasteiger partial charge in [0.25, 0.3) is 0 Å². The van der Waals surface area contributed by atoms with Gasteiger partial charge in [0.05, 0.1) is 0 Å². The summed E-state index contributed by atoms with van der Waals surface area (Å²) in [5.41, 5.74) is 7.59. The van der Waals surface area contributed by atoms with E-state index >= 15 is 0 Å². The molecule has 0 bridgehead atoms. The molecule has 0 atom stereocenters. The van der Waals surface area contributed by atoms with Crippen LogP contribution in [0.5, 0.6) is 0 Å². The van der Waals surface area contributed by atoms with Crippen LogP contribution in [0.3, 0.4) is 0 Å². The first kappa shape index (κ1) is 12.0. The van der Waals surface area contributed by atoms with Gasteiger partial charge < -0.3 is 10.6 Å². The zero-order chi connectivity index (χ0) is 9.97. The average molecular weight is 227 g/mol. The molecule has 1 fully saturated rings. The Morgan fingerprint density at radius 3 is 2.40 bits per heavy atom. The molecule has 4 heteroatoms. The van der Waals surface area contributed by atoms with Crippen molar-refractivity contribution in [2.75, 3.05) is 11.4 Å². The van der Waals surface area contributed by atoms with E-state index in [4.69, 9.17) is 5.73 Å². The highest BCUT2D eigenvalue weighted by Gasteiger charge is 2.21. The van der Waals surface area contributed by atoms with E-state index in [0.29, 0.717) is 13.0 Å². The van der Waals surface area contributed by atoms with Crippen LogP contribution in [-0.2, 0) is 11.3 Å². The Balaban J connectivity index is 0.00000112. The Morgan fingerprint density at radius 2 is 1.93 bits per heavy atom. The lowest BCUT2D eigenvalue weighted by Crippen LogP contribution is -2.23. The number of halogens is 1. The summed E-state index contributed by atoms with van der Waals surface area (Å²) in [6.07, 6.45) is 1.65. The van der Waals surface area contributed by atoms with Gasteiger partial charge in [-0.25, -0.2) is 0 Å². The van der Waals surface area contributed by atoms with Crippen molar-refractivity contribution in [2.45, 2.75) is 19.4 Å². The van der Waals surface area contributed by atoms with Crippen LogP contribution in [0.4, 0.5) is 5.69 Å². The van der Waals surface area contributed by atoms with Crippen LogP contribution in [0.15, 0.2) is 24.3 Å². The van der Waals surface area contributed by atoms with Crippen LogP contribution in [0.25, 0.3) is 0 Å². The Labute approximate surface area is 95.7 Å². The van der Waals surface area contributed by atoms with E-state index in [1.54, 1.807) is 0 Å². The number of amides is 1. The highest BCUT2D eigenvalue weighted by Crippen LogP contribution is 2.21. The maximum absolute atomic E-state index is 11.4. The molecule has 1 heterocycles. The zero-order valence-electron chi connectivity index (χ0n) is 8.48. The van der Waals surface area contributed by atoms with E-state index in [9.17, 15) is 4.79 Å². The number of anilines is 1. The molecule has 0 spiro atoms. The van der Waals surface area contributed by atoms with Crippen LogP contribution in [0, 0.1) is 0 Å². The van der Waals surface area contributed by atoms with Crippen molar-refractivity contribution in [3.63, 3.8) is 0 Å². The van der Waals surface area contributed by atoms with Gasteiger partial charge in [0, 0.05) is 25.2 Å². The number of nitrogens with two attached hydrogens (primary N) is 1. The predicted octanol–water partition coefficient (Wildman–Crippen LogP) is 1.69. The third kappa shape index (κ3) is 2.49. The van der Waals surface area contributed by atoms with Crippen LogP contribution in [-0.4, -0.2) is 12.5 Å². The Morgan fingerprint density at radius 1 is 1.27 bits per heavy atom. The summed E-state index contributed by atoms with van der Waals surface area (Å²) in [5.74, 6) is 0.227. The third-order valence-corrected chi connectivity index (χ3v) is 2.56. The Bertz CT molecular complexity index is 337. The molecule has 0 unspecified atom stereocenters. The number of benzene rings is 1. The number of nitrogens with zero attached hydrogens (tertiary/aromatic N) is 1. The molecule has 1 amide bonds. The molecule has 82 valence electrons. The molecule has 0 saturated carbocycles. The smallest absolute Gasteiger partial charge is 0.227 e. The van der Waals surface area contributed by atoms with E-state index < -0.39 is 0 Å². The van der Waals surface area contributed by atoms with Crippen molar-refractivity contribution in [2.24, 2.45) is 5.73 Å². The maximum atomic E-state index is 11.4. The monoisotopic (exact) mass is 226 g/mol. The van der Waals surface area contributed by atoms with Gasteiger partial charge in [0.2, 0.25) is 5.91 Å². The molecule has 2 N–H and O–H groups in total. The predicted molar refractivity (Wildman–Crippen MR) is 63.2 cm³/mol. The minimum absolute atomic E-state index is 0. The fourth-order valence-electron chi connectivity index (χ4n) is 1.73. The summed E-state index contributed by atoms with van der Waals surface area (Å²) < 4.78 is 0. The van der Waals surface area contributed by atoms with Crippen molar-refractivity contribution in [1.29, 1.82) is 0 Å². The van der Waals surface area contributed by atoms with E-state index in [1.807, 2.05) is 29.2 Å². The van der Waals surface area contributed by atoms with E-state index in [1.165, 1.54) is 0 Å². The summed E-state index contributed by atoms with van der Waals surface area (Å²) in [5, 5.41) is 0. The van der Waals surface area contributed by atoms with Crippen molar-refractivity contribution < 1.29 is 4.79 Å². The Hall–Kier alpha value is -1.06. The first-order valence-corrected chi connectivity index (χ1v) is 4.90. The molecule has 1 aliphatic heterocycles.